The van der Waals surface area contributed by atoms with Crippen molar-refractivity contribution in [1.82, 2.24) is 0 Å². The largest absolute Gasteiger partial charge is 0.0880 e. The molecule has 0 aromatic heterocycles. The molecule has 0 amide bonds. The highest BCUT2D eigenvalue weighted by atomic mass is 14.2. The van der Waals surface area contributed by atoms with E-state index in [9.17, 15) is 0 Å². The normalized spacial score (nSPS) is 12.7. The van der Waals surface area contributed by atoms with Crippen LogP contribution >= 0.6 is 0 Å². The van der Waals surface area contributed by atoms with Gasteiger partial charge in [0.1, 0.15) is 0 Å². The molecule has 11 heavy (non-hydrogen) atoms. The molecule has 0 rings (SSSR count). The topological polar surface area (TPSA) is 0 Å². The second-order valence-corrected chi connectivity index (χ2v) is 3.78. The second kappa shape index (κ2) is 5.40. The quantitative estimate of drug-likeness (QED) is 0.524. The van der Waals surface area contributed by atoms with E-state index in [0.717, 1.165) is 6.42 Å². The molecule has 0 heterocycles. The summed E-state index contributed by atoms with van der Waals surface area (Å²) in [6, 6.07) is 0. The van der Waals surface area contributed by atoms with Gasteiger partial charge in [0.25, 0.3) is 0 Å². The smallest absolute Gasteiger partial charge is 0.0175 e. The fourth-order valence-electron chi connectivity index (χ4n) is 1.11. The Kier molecular flexibility index (Phi) is 5.27. The Morgan fingerprint density at radius 2 is 2.00 bits per heavy atom. The molecule has 0 saturated heterocycles. The lowest BCUT2D eigenvalue weighted by Gasteiger charge is -2.18. The van der Waals surface area contributed by atoms with Crippen molar-refractivity contribution in [3.63, 3.8) is 0 Å². The molecule has 0 heteroatoms. The third-order valence-corrected chi connectivity index (χ3v) is 1.85. The van der Waals surface area contributed by atoms with Crippen molar-refractivity contribution in [3.05, 3.63) is 19.1 Å². The number of rotatable bonds is 5. The van der Waals surface area contributed by atoms with E-state index in [-0.39, 0.29) is 0 Å². The van der Waals surface area contributed by atoms with Crippen LogP contribution < -0.4 is 0 Å². The van der Waals surface area contributed by atoms with Gasteiger partial charge in [-0.3, -0.25) is 0 Å². The van der Waals surface area contributed by atoms with Gasteiger partial charge in [0.2, 0.25) is 0 Å². The number of allylic oxidation sites excluding steroid dienone is 2. The van der Waals surface area contributed by atoms with Crippen LogP contribution in [-0.4, -0.2) is 0 Å². The summed E-state index contributed by atoms with van der Waals surface area (Å²) in [5.41, 5.74) is 0.358. The maximum atomic E-state index is 3.87. The van der Waals surface area contributed by atoms with Crippen LogP contribution in [0.3, 0.4) is 0 Å². The molecule has 65 valence electrons. The zero-order chi connectivity index (χ0) is 8.74. The van der Waals surface area contributed by atoms with Gasteiger partial charge >= 0.3 is 0 Å². The van der Waals surface area contributed by atoms with Gasteiger partial charge < -0.3 is 0 Å². The summed E-state index contributed by atoms with van der Waals surface area (Å²) in [5, 5.41) is 0. The molecule has 0 nitrogen and oxygen atoms in total. The average molecular weight is 153 g/mol. The van der Waals surface area contributed by atoms with Crippen LogP contribution in [0.1, 0.15) is 46.5 Å². The van der Waals surface area contributed by atoms with Crippen molar-refractivity contribution in [1.29, 1.82) is 0 Å². The highest BCUT2D eigenvalue weighted by molar-refractivity contribution is 4.94. The summed E-state index contributed by atoms with van der Waals surface area (Å²) < 4.78 is 0. The van der Waals surface area contributed by atoms with Crippen molar-refractivity contribution in [2.45, 2.75) is 46.5 Å². The van der Waals surface area contributed by atoms with Crippen molar-refractivity contribution >= 4 is 0 Å². The van der Waals surface area contributed by atoms with Gasteiger partial charge in [-0.05, 0) is 18.3 Å². The highest BCUT2D eigenvalue weighted by Crippen LogP contribution is 2.23. The Balaban J connectivity index is 3.69. The van der Waals surface area contributed by atoms with Gasteiger partial charge in [0.15, 0.2) is 0 Å². The van der Waals surface area contributed by atoms with Crippen LogP contribution in [0.5, 0.6) is 0 Å². The molecule has 0 aromatic rings. The predicted octanol–water partition coefficient (Wildman–Crippen LogP) is 3.98. The fraction of sp³-hybridized carbons (Fsp3) is 0.727. The van der Waals surface area contributed by atoms with E-state index in [2.05, 4.69) is 39.8 Å². The minimum atomic E-state index is 0.358. The molecule has 0 aliphatic heterocycles. The molecule has 0 N–H and O–H groups in total. The average Bonchev–Trinajstić information content (AvgIpc) is 1.87. The zero-order valence-electron chi connectivity index (χ0n) is 8.19. The molecule has 1 radical (unpaired) electrons. The highest BCUT2D eigenvalue weighted by Gasteiger charge is 2.10. The van der Waals surface area contributed by atoms with E-state index in [0.29, 0.717) is 5.41 Å². The van der Waals surface area contributed by atoms with E-state index in [1.165, 1.54) is 19.3 Å². The maximum absolute atomic E-state index is 3.87. The molecule has 0 bridgehead atoms. The van der Waals surface area contributed by atoms with Crippen molar-refractivity contribution < 1.29 is 0 Å². The van der Waals surface area contributed by atoms with Crippen LogP contribution in [0.2, 0.25) is 0 Å². The summed E-state index contributed by atoms with van der Waals surface area (Å²) in [5.74, 6) is 0. The molecule has 0 aliphatic carbocycles. The lowest BCUT2D eigenvalue weighted by Crippen LogP contribution is -2.05. The van der Waals surface area contributed by atoms with E-state index >= 15 is 0 Å². The summed E-state index contributed by atoms with van der Waals surface area (Å²) in [6.07, 6.45) is 9.28. The van der Waals surface area contributed by atoms with E-state index in [1.54, 1.807) is 0 Å². The Morgan fingerprint density at radius 3 is 2.45 bits per heavy atom. The Labute approximate surface area is 71.7 Å². The third-order valence-electron chi connectivity index (χ3n) is 1.85. The number of hydrogen-bond acceptors (Lipinski definition) is 0. The zero-order valence-corrected chi connectivity index (χ0v) is 8.19. The lowest BCUT2D eigenvalue weighted by atomic mass is 9.87. The van der Waals surface area contributed by atoms with Crippen LogP contribution in [0.4, 0.5) is 0 Å². The lowest BCUT2D eigenvalue weighted by molar-refractivity contribution is 0.440. The van der Waals surface area contributed by atoms with E-state index in [1.807, 2.05) is 0 Å². The van der Waals surface area contributed by atoms with E-state index in [4.69, 9.17) is 0 Å². The summed E-state index contributed by atoms with van der Waals surface area (Å²) in [6.45, 7) is 10.6. The first-order valence-electron chi connectivity index (χ1n) is 4.59. The Bertz CT molecular complexity index is 109. The SMILES string of the molecule is [CH2]CCC(C)(C)C=CCCC. The van der Waals surface area contributed by atoms with Crippen LogP contribution in [0.15, 0.2) is 12.2 Å². The minimum Gasteiger partial charge on any atom is -0.0880 e. The second-order valence-electron chi connectivity index (χ2n) is 3.78. The van der Waals surface area contributed by atoms with Crippen molar-refractivity contribution in [3.8, 4) is 0 Å². The molecular weight excluding hydrogens is 132 g/mol. The summed E-state index contributed by atoms with van der Waals surface area (Å²) in [4.78, 5) is 0. The van der Waals surface area contributed by atoms with E-state index < -0.39 is 0 Å². The van der Waals surface area contributed by atoms with Gasteiger partial charge in [-0.25, -0.2) is 0 Å². The Morgan fingerprint density at radius 1 is 1.36 bits per heavy atom. The first-order chi connectivity index (χ1) is 5.12. The molecule has 0 aromatic carbocycles. The molecule has 0 atom stereocenters. The number of hydrogen-bond donors (Lipinski definition) is 0. The van der Waals surface area contributed by atoms with Crippen LogP contribution in [-0.2, 0) is 0 Å². The predicted molar refractivity (Wildman–Crippen MR) is 52.4 cm³/mol. The van der Waals surface area contributed by atoms with Gasteiger partial charge in [0, 0.05) is 0 Å². The van der Waals surface area contributed by atoms with Crippen LogP contribution in [0.25, 0.3) is 0 Å². The Hall–Kier alpha value is -0.260. The molecular formula is C11H21. The van der Waals surface area contributed by atoms with Crippen LogP contribution in [0, 0.1) is 12.3 Å². The minimum absolute atomic E-state index is 0.358. The molecule has 0 aliphatic rings. The van der Waals surface area contributed by atoms with Crippen molar-refractivity contribution in [2.75, 3.05) is 0 Å². The van der Waals surface area contributed by atoms with Gasteiger partial charge in [0.05, 0.1) is 0 Å². The first kappa shape index (κ1) is 10.7. The molecule has 0 saturated carbocycles. The third kappa shape index (κ3) is 6.15. The first-order valence-corrected chi connectivity index (χ1v) is 4.59. The van der Waals surface area contributed by atoms with Crippen molar-refractivity contribution in [2.24, 2.45) is 5.41 Å². The molecule has 0 fully saturated rings. The molecule has 0 unspecified atom stereocenters. The maximum Gasteiger partial charge on any atom is -0.0175 e. The monoisotopic (exact) mass is 153 g/mol. The standard InChI is InChI=1S/C11H21/c1-5-7-8-10-11(3,4)9-6-2/h8,10H,2,5-7,9H2,1,3-4H3. The van der Waals surface area contributed by atoms with Gasteiger partial charge in [-0.2, -0.15) is 0 Å². The van der Waals surface area contributed by atoms with Gasteiger partial charge in [-0.1, -0.05) is 52.7 Å². The summed E-state index contributed by atoms with van der Waals surface area (Å²) >= 11 is 0. The van der Waals surface area contributed by atoms with Gasteiger partial charge in [-0.15, -0.1) is 0 Å². The summed E-state index contributed by atoms with van der Waals surface area (Å²) in [7, 11) is 0. The number of unbranched alkanes of at least 4 members (excludes halogenated alkanes) is 1. The molecule has 0 spiro atoms. The fourth-order valence-corrected chi connectivity index (χ4v) is 1.11.